The van der Waals surface area contributed by atoms with Crippen molar-refractivity contribution in [3.63, 3.8) is 0 Å². The topological polar surface area (TPSA) is 55.1 Å². The quantitative estimate of drug-likeness (QED) is 0.817. The highest BCUT2D eigenvalue weighted by atomic mass is 35.5. The summed E-state index contributed by atoms with van der Waals surface area (Å²) in [5.41, 5.74) is 8.01. The molecular weight excluding hydrogens is 308 g/mol. The molecule has 0 heterocycles. The Kier molecular flexibility index (Phi) is 8.38. The molecule has 2 aromatic rings. The summed E-state index contributed by atoms with van der Waals surface area (Å²) in [6, 6.07) is 20.5. The van der Waals surface area contributed by atoms with Crippen LogP contribution in [0.3, 0.4) is 0 Å². The van der Waals surface area contributed by atoms with Gasteiger partial charge in [0.15, 0.2) is 0 Å². The Morgan fingerprint density at radius 2 is 1.61 bits per heavy atom. The molecule has 1 amide bonds. The molecule has 0 spiro atoms. The molecular formula is C19H25ClN2O. The summed E-state index contributed by atoms with van der Waals surface area (Å²) < 4.78 is 0. The van der Waals surface area contributed by atoms with E-state index in [2.05, 4.69) is 29.6 Å². The largest absolute Gasteiger partial charge is 0.352 e. The van der Waals surface area contributed by atoms with Gasteiger partial charge in [-0.25, -0.2) is 0 Å². The third-order valence-electron chi connectivity index (χ3n) is 3.79. The molecule has 0 aliphatic rings. The summed E-state index contributed by atoms with van der Waals surface area (Å²) in [6.45, 7) is 2.38. The van der Waals surface area contributed by atoms with Crippen LogP contribution in [0, 0.1) is 0 Å². The number of amides is 1. The molecule has 0 radical (unpaired) electrons. The van der Waals surface area contributed by atoms with Gasteiger partial charge in [-0.15, -0.1) is 12.4 Å². The van der Waals surface area contributed by atoms with E-state index in [1.54, 1.807) is 0 Å². The Balaban J connectivity index is 0.00000264. The maximum atomic E-state index is 12.2. The molecule has 2 atom stereocenters. The lowest BCUT2D eigenvalue weighted by Crippen LogP contribution is -2.38. The molecule has 2 rings (SSSR count). The van der Waals surface area contributed by atoms with E-state index in [0.717, 1.165) is 6.42 Å². The van der Waals surface area contributed by atoms with Crippen molar-refractivity contribution < 1.29 is 4.79 Å². The van der Waals surface area contributed by atoms with Crippen LogP contribution in [0.4, 0.5) is 0 Å². The number of hydrogen-bond donors (Lipinski definition) is 2. The minimum atomic E-state index is 0. The molecule has 3 nitrogen and oxygen atoms in total. The molecule has 23 heavy (non-hydrogen) atoms. The fourth-order valence-electron chi connectivity index (χ4n) is 2.55. The lowest BCUT2D eigenvalue weighted by atomic mass is 9.89. The lowest BCUT2D eigenvalue weighted by Gasteiger charge is -2.19. The Morgan fingerprint density at radius 3 is 2.17 bits per heavy atom. The van der Waals surface area contributed by atoms with Crippen LogP contribution in [0.2, 0.25) is 0 Å². The fourth-order valence-corrected chi connectivity index (χ4v) is 2.55. The number of rotatable bonds is 7. The second kappa shape index (κ2) is 10.0. The van der Waals surface area contributed by atoms with Crippen molar-refractivity contribution in [2.75, 3.05) is 6.54 Å². The van der Waals surface area contributed by atoms with Gasteiger partial charge in [0.25, 0.3) is 0 Å². The van der Waals surface area contributed by atoms with E-state index in [1.807, 2.05) is 43.3 Å². The van der Waals surface area contributed by atoms with Crippen molar-refractivity contribution in [1.29, 1.82) is 0 Å². The second-order valence-electron chi connectivity index (χ2n) is 5.71. The Morgan fingerprint density at radius 1 is 1.04 bits per heavy atom. The minimum Gasteiger partial charge on any atom is -0.352 e. The number of nitrogens with one attached hydrogen (secondary N) is 1. The zero-order chi connectivity index (χ0) is 15.8. The van der Waals surface area contributed by atoms with Crippen molar-refractivity contribution in [3.8, 4) is 0 Å². The molecule has 0 aliphatic carbocycles. The Bertz CT molecular complexity index is 574. The summed E-state index contributed by atoms with van der Waals surface area (Å²) in [5, 5.41) is 2.95. The number of nitrogens with two attached hydrogens (primary N) is 1. The van der Waals surface area contributed by atoms with E-state index in [-0.39, 0.29) is 30.3 Å². The molecule has 4 heteroatoms. The van der Waals surface area contributed by atoms with Gasteiger partial charge in [0.2, 0.25) is 5.91 Å². The van der Waals surface area contributed by atoms with E-state index in [0.29, 0.717) is 13.0 Å². The monoisotopic (exact) mass is 332 g/mol. The molecule has 2 aromatic carbocycles. The molecule has 0 fully saturated rings. The van der Waals surface area contributed by atoms with Crippen LogP contribution in [0.1, 0.15) is 30.4 Å². The number of carbonyl (C=O) groups is 1. The first-order valence-electron chi connectivity index (χ1n) is 7.77. The van der Waals surface area contributed by atoms with Crippen molar-refractivity contribution in [2.24, 2.45) is 5.73 Å². The van der Waals surface area contributed by atoms with Gasteiger partial charge in [-0.2, -0.15) is 0 Å². The smallest absolute Gasteiger partial charge is 0.220 e. The molecule has 3 N–H and O–H groups in total. The summed E-state index contributed by atoms with van der Waals surface area (Å²) in [6.07, 6.45) is 1.33. The first-order valence-corrected chi connectivity index (χ1v) is 7.77. The van der Waals surface area contributed by atoms with Gasteiger partial charge < -0.3 is 11.1 Å². The summed E-state index contributed by atoms with van der Waals surface area (Å²) >= 11 is 0. The molecule has 0 saturated heterocycles. The summed E-state index contributed by atoms with van der Waals surface area (Å²) in [5.74, 6) is 0.233. The van der Waals surface area contributed by atoms with Crippen LogP contribution in [0.25, 0.3) is 0 Å². The zero-order valence-electron chi connectivity index (χ0n) is 13.4. The Hall–Kier alpha value is -1.84. The van der Waals surface area contributed by atoms with Crippen LogP contribution in [-0.2, 0) is 11.2 Å². The van der Waals surface area contributed by atoms with Gasteiger partial charge in [0, 0.05) is 19.0 Å². The third kappa shape index (κ3) is 6.43. The van der Waals surface area contributed by atoms with E-state index in [1.165, 1.54) is 11.1 Å². The zero-order valence-corrected chi connectivity index (χ0v) is 14.3. The number of carbonyl (C=O) groups excluding carboxylic acids is 1. The maximum absolute atomic E-state index is 12.2. The highest BCUT2D eigenvalue weighted by Gasteiger charge is 2.17. The standard InChI is InChI=1S/C19H24N2O.ClH/c1-15(14-20)21-19(22)13-18(17-10-6-3-7-11-17)12-16-8-4-2-5-9-16;/h2-11,15,18H,12-14,20H2,1H3,(H,21,22);1H/t15-,18?;/m0./s1. The van der Waals surface area contributed by atoms with Crippen LogP contribution in [-0.4, -0.2) is 18.5 Å². The predicted octanol–water partition coefficient (Wildman–Crippen LogP) is 3.29. The van der Waals surface area contributed by atoms with Crippen molar-refractivity contribution in [2.45, 2.75) is 31.7 Å². The first-order chi connectivity index (χ1) is 10.7. The second-order valence-corrected chi connectivity index (χ2v) is 5.71. The van der Waals surface area contributed by atoms with Gasteiger partial charge in [-0.05, 0) is 30.4 Å². The average Bonchev–Trinajstić information content (AvgIpc) is 2.56. The first kappa shape index (κ1) is 19.2. The molecule has 0 saturated carbocycles. The van der Waals surface area contributed by atoms with Crippen molar-refractivity contribution >= 4 is 18.3 Å². The number of benzene rings is 2. The predicted molar refractivity (Wildman–Crippen MR) is 97.9 cm³/mol. The number of hydrogen-bond acceptors (Lipinski definition) is 2. The summed E-state index contributed by atoms with van der Waals surface area (Å²) in [4.78, 5) is 12.2. The van der Waals surface area contributed by atoms with Gasteiger partial charge in [0.1, 0.15) is 0 Å². The molecule has 1 unspecified atom stereocenters. The van der Waals surface area contributed by atoms with Gasteiger partial charge in [0.05, 0.1) is 0 Å². The molecule has 124 valence electrons. The van der Waals surface area contributed by atoms with Gasteiger partial charge in [-0.3, -0.25) is 4.79 Å². The van der Waals surface area contributed by atoms with Gasteiger partial charge in [-0.1, -0.05) is 60.7 Å². The fraction of sp³-hybridized carbons (Fsp3) is 0.316. The Labute approximate surface area is 144 Å². The highest BCUT2D eigenvalue weighted by Crippen LogP contribution is 2.24. The maximum Gasteiger partial charge on any atom is 0.220 e. The van der Waals surface area contributed by atoms with Gasteiger partial charge >= 0.3 is 0 Å². The molecule has 0 aromatic heterocycles. The van der Waals surface area contributed by atoms with E-state index < -0.39 is 0 Å². The van der Waals surface area contributed by atoms with Crippen LogP contribution in [0.5, 0.6) is 0 Å². The van der Waals surface area contributed by atoms with Crippen LogP contribution in [0.15, 0.2) is 60.7 Å². The summed E-state index contributed by atoms with van der Waals surface area (Å²) in [7, 11) is 0. The molecule has 0 aliphatic heterocycles. The van der Waals surface area contributed by atoms with E-state index in [9.17, 15) is 4.79 Å². The lowest BCUT2D eigenvalue weighted by molar-refractivity contribution is -0.122. The average molecular weight is 333 g/mol. The highest BCUT2D eigenvalue weighted by molar-refractivity contribution is 5.85. The normalized spacial score (nSPS) is 12.8. The van der Waals surface area contributed by atoms with E-state index in [4.69, 9.17) is 5.73 Å². The van der Waals surface area contributed by atoms with Crippen molar-refractivity contribution in [3.05, 3.63) is 71.8 Å². The van der Waals surface area contributed by atoms with Crippen molar-refractivity contribution in [1.82, 2.24) is 5.32 Å². The SMILES string of the molecule is C[C@@H](CN)NC(=O)CC(Cc1ccccc1)c1ccccc1.Cl. The molecule has 0 bridgehead atoms. The van der Waals surface area contributed by atoms with Crippen LogP contribution < -0.4 is 11.1 Å². The number of halogens is 1. The van der Waals surface area contributed by atoms with E-state index >= 15 is 0 Å². The third-order valence-corrected chi connectivity index (χ3v) is 3.79. The van der Waals surface area contributed by atoms with Crippen LogP contribution >= 0.6 is 12.4 Å². The minimum absolute atomic E-state index is 0.